The van der Waals surface area contributed by atoms with E-state index in [1.807, 2.05) is 18.3 Å². The fourth-order valence-electron chi connectivity index (χ4n) is 3.25. The molecule has 1 heterocycles. The number of nitrogens with one attached hydrogen (secondary N) is 2. The summed E-state index contributed by atoms with van der Waals surface area (Å²) in [6.07, 6.45) is 2.80. The number of hydrogen-bond acceptors (Lipinski definition) is 2. The number of carbonyl (C=O) groups excluding carboxylic acids is 1. The van der Waals surface area contributed by atoms with Crippen molar-refractivity contribution in [2.45, 2.75) is 34.1 Å². The van der Waals surface area contributed by atoms with Gasteiger partial charge < -0.3 is 15.0 Å². The molecular formula is C21H24N2O2. The van der Waals surface area contributed by atoms with Crippen molar-refractivity contribution in [3.63, 3.8) is 0 Å². The maximum Gasteiger partial charge on any atom is 0.216 e. The molecule has 2 N–H and O–H groups in total. The lowest BCUT2D eigenvalue weighted by atomic mass is 10.1. The molecule has 3 aromatic rings. The van der Waals surface area contributed by atoms with Crippen LogP contribution < -0.4 is 10.1 Å². The summed E-state index contributed by atoms with van der Waals surface area (Å²) in [5.74, 6) is 1.74. The largest absolute Gasteiger partial charge is 0.457 e. The lowest BCUT2D eigenvalue weighted by Crippen LogP contribution is -2.22. The van der Waals surface area contributed by atoms with Crippen molar-refractivity contribution in [3.8, 4) is 11.5 Å². The zero-order valence-corrected chi connectivity index (χ0v) is 15.2. The van der Waals surface area contributed by atoms with Crippen LogP contribution in [0.3, 0.4) is 0 Å². The van der Waals surface area contributed by atoms with Crippen LogP contribution >= 0.6 is 0 Å². The van der Waals surface area contributed by atoms with Gasteiger partial charge in [0.2, 0.25) is 5.91 Å². The van der Waals surface area contributed by atoms with E-state index in [0.29, 0.717) is 6.54 Å². The third-order valence-electron chi connectivity index (χ3n) is 4.33. The van der Waals surface area contributed by atoms with Gasteiger partial charge in [-0.3, -0.25) is 4.79 Å². The fourth-order valence-corrected chi connectivity index (χ4v) is 3.25. The molecule has 0 saturated heterocycles. The molecule has 130 valence electrons. The first-order valence-electron chi connectivity index (χ1n) is 8.54. The number of aryl methyl sites for hydroxylation is 3. The van der Waals surface area contributed by atoms with Gasteiger partial charge in [0.25, 0.3) is 0 Å². The Morgan fingerprint density at radius 2 is 1.84 bits per heavy atom. The number of aromatic amines is 1. The Hall–Kier alpha value is -2.75. The predicted octanol–water partition coefficient (Wildman–Crippen LogP) is 4.56. The number of hydrogen-bond donors (Lipinski definition) is 2. The standard InChI is InChI=1S/C21H24N2O2/c1-13-9-14(2)21(15(3)10-13)25-18-5-6-19-17(7-8-22-16(4)24)12-23-20(19)11-18/h5-6,9-12,23H,7-8H2,1-4H3,(H,22,24). The van der Waals surface area contributed by atoms with Crippen molar-refractivity contribution in [3.05, 3.63) is 58.8 Å². The average molecular weight is 336 g/mol. The Balaban J connectivity index is 1.82. The lowest BCUT2D eigenvalue weighted by Gasteiger charge is -2.13. The first-order chi connectivity index (χ1) is 11.9. The van der Waals surface area contributed by atoms with Crippen LogP contribution in [0.5, 0.6) is 11.5 Å². The summed E-state index contributed by atoms with van der Waals surface area (Å²) >= 11 is 0. The number of fused-ring (bicyclic) bond motifs is 1. The number of H-pyrrole nitrogens is 1. The summed E-state index contributed by atoms with van der Waals surface area (Å²) in [4.78, 5) is 14.3. The maximum atomic E-state index is 11.0. The van der Waals surface area contributed by atoms with Gasteiger partial charge in [-0.1, -0.05) is 17.7 Å². The van der Waals surface area contributed by atoms with E-state index in [0.717, 1.165) is 39.9 Å². The van der Waals surface area contributed by atoms with Gasteiger partial charge in [0.05, 0.1) is 0 Å². The molecule has 25 heavy (non-hydrogen) atoms. The Morgan fingerprint density at radius 3 is 2.52 bits per heavy atom. The van der Waals surface area contributed by atoms with E-state index in [2.05, 4.69) is 49.3 Å². The van der Waals surface area contributed by atoms with Crippen LogP contribution in [0.25, 0.3) is 10.9 Å². The Kier molecular flexibility index (Phi) is 4.79. The third-order valence-corrected chi connectivity index (χ3v) is 4.33. The second-order valence-corrected chi connectivity index (χ2v) is 6.58. The second-order valence-electron chi connectivity index (χ2n) is 6.58. The molecule has 0 aliphatic rings. The lowest BCUT2D eigenvalue weighted by molar-refractivity contribution is -0.118. The molecule has 1 amide bonds. The van der Waals surface area contributed by atoms with Crippen molar-refractivity contribution in [2.24, 2.45) is 0 Å². The number of rotatable bonds is 5. The summed E-state index contributed by atoms with van der Waals surface area (Å²) < 4.78 is 6.15. The second kappa shape index (κ2) is 7.01. The highest BCUT2D eigenvalue weighted by molar-refractivity contribution is 5.84. The molecule has 0 fully saturated rings. The Labute approximate surface area is 148 Å². The Bertz CT molecular complexity index is 902. The third kappa shape index (κ3) is 3.85. The van der Waals surface area contributed by atoms with Crippen LogP contribution in [0.15, 0.2) is 36.5 Å². The molecule has 0 saturated carbocycles. The molecule has 4 heteroatoms. The van der Waals surface area contributed by atoms with Gasteiger partial charge in [-0.25, -0.2) is 0 Å². The zero-order valence-electron chi connectivity index (χ0n) is 15.2. The molecule has 3 rings (SSSR count). The van der Waals surface area contributed by atoms with Crippen LogP contribution in [0.2, 0.25) is 0 Å². The SMILES string of the molecule is CC(=O)NCCc1c[nH]c2cc(Oc3c(C)cc(C)cc3C)ccc12. The topological polar surface area (TPSA) is 54.1 Å². The van der Waals surface area contributed by atoms with Gasteiger partial charge in [0.1, 0.15) is 11.5 Å². The van der Waals surface area contributed by atoms with Crippen LogP contribution in [-0.2, 0) is 11.2 Å². The van der Waals surface area contributed by atoms with Crippen molar-refractivity contribution in [2.75, 3.05) is 6.54 Å². The van der Waals surface area contributed by atoms with Crippen molar-refractivity contribution in [1.82, 2.24) is 10.3 Å². The molecule has 4 nitrogen and oxygen atoms in total. The van der Waals surface area contributed by atoms with E-state index in [1.54, 1.807) is 0 Å². The average Bonchev–Trinajstić information content (AvgIpc) is 2.93. The minimum atomic E-state index is -0.000588. The molecule has 0 aliphatic carbocycles. The van der Waals surface area contributed by atoms with E-state index in [4.69, 9.17) is 4.74 Å². The molecule has 0 spiro atoms. The monoisotopic (exact) mass is 336 g/mol. The molecular weight excluding hydrogens is 312 g/mol. The number of benzene rings is 2. The number of amides is 1. The summed E-state index contributed by atoms with van der Waals surface area (Å²) in [5.41, 5.74) is 5.75. The van der Waals surface area contributed by atoms with E-state index in [1.165, 1.54) is 18.1 Å². The van der Waals surface area contributed by atoms with Gasteiger partial charge in [0.15, 0.2) is 0 Å². The van der Waals surface area contributed by atoms with Crippen LogP contribution in [0.1, 0.15) is 29.2 Å². The highest BCUT2D eigenvalue weighted by Crippen LogP contribution is 2.32. The van der Waals surface area contributed by atoms with Gasteiger partial charge in [-0.15, -0.1) is 0 Å². The molecule has 0 unspecified atom stereocenters. The highest BCUT2D eigenvalue weighted by atomic mass is 16.5. The van der Waals surface area contributed by atoms with Gasteiger partial charge >= 0.3 is 0 Å². The normalized spacial score (nSPS) is 10.9. The van der Waals surface area contributed by atoms with E-state index < -0.39 is 0 Å². The summed E-state index contributed by atoms with van der Waals surface area (Å²) in [5, 5.41) is 3.99. The number of ether oxygens (including phenoxy) is 1. The first kappa shape index (κ1) is 17.1. The predicted molar refractivity (Wildman–Crippen MR) is 101 cm³/mol. The van der Waals surface area contributed by atoms with Crippen LogP contribution in [-0.4, -0.2) is 17.4 Å². The quantitative estimate of drug-likeness (QED) is 0.717. The minimum Gasteiger partial charge on any atom is -0.457 e. The van der Waals surface area contributed by atoms with Gasteiger partial charge in [0, 0.05) is 36.6 Å². The van der Waals surface area contributed by atoms with Crippen LogP contribution in [0.4, 0.5) is 0 Å². The van der Waals surface area contributed by atoms with E-state index in [9.17, 15) is 4.79 Å². The first-order valence-corrected chi connectivity index (χ1v) is 8.54. The molecule has 0 bridgehead atoms. The molecule has 2 aromatic carbocycles. The van der Waals surface area contributed by atoms with Gasteiger partial charge in [-0.05, 0) is 56.0 Å². The summed E-state index contributed by atoms with van der Waals surface area (Å²) in [7, 11) is 0. The number of aromatic nitrogens is 1. The Morgan fingerprint density at radius 1 is 1.12 bits per heavy atom. The zero-order chi connectivity index (χ0) is 18.0. The molecule has 0 radical (unpaired) electrons. The highest BCUT2D eigenvalue weighted by Gasteiger charge is 2.09. The summed E-state index contributed by atoms with van der Waals surface area (Å²) in [6, 6.07) is 10.4. The van der Waals surface area contributed by atoms with E-state index in [-0.39, 0.29) is 5.91 Å². The van der Waals surface area contributed by atoms with Gasteiger partial charge in [-0.2, -0.15) is 0 Å². The molecule has 0 aliphatic heterocycles. The van der Waals surface area contributed by atoms with Crippen molar-refractivity contribution < 1.29 is 9.53 Å². The number of carbonyl (C=O) groups is 1. The summed E-state index contributed by atoms with van der Waals surface area (Å²) in [6.45, 7) is 8.42. The molecule has 0 atom stereocenters. The maximum absolute atomic E-state index is 11.0. The smallest absolute Gasteiger partial charge is 0.216 e. The minimum absolute atomic E-state index is 0.000588. The molecule has 1 aromatic heterocycles. The van der Waals surface area contributed by atoms with E-state index >= 15 is 0 Å². The fraction of sp³-hybridized carbons (Fsp3) is 0.286. The van der Waals surface area contributed by atoms with Crippen LogP contribution in [0, 0.1) is 20.8 Å². The van der Waals surface area contributed by atoms with Crippen molar-refractivity contribution >= 4 is 16.8 Å². The van der Waals surface area contributed by atoms with Crippen molar-refractivity contribution in [1.29, 1.82) is 0 Å².